The van der Waals surface area contributed by atoms with Crippen LogP contribution in [0.25, 0.3) is 22.3 Å². The van der Waals surface area contributed by atoms with Crippen LogP contribution in [-0.4, -0.2) is 21.5 Å². The van der Waals surface area contributed by atoms with Gasteiger partial charge in [-0.15, -0.1) is 0 Å². The van der Waals surface area contributed by atoms with Crippen molar-refractivity contribution in [3.05, 3.63) is 63.1 Å². The van der Waals surface area contributed by atoms with Crippen LogP contribution in [0.4, 0.5) is 0 Å². The van der Waals surface area contributed by atoms with Crippen LogP contribution >= 0.6 is 0 Å². The number of hydrogen-bond donors (Lipinski definition) is 1. The summed E-state index contributed by atoms with van der Waals surface area (Å²) in [5, 5.41) is 12.3. The van der Waals surface area contributed by atoms with Gasteiger partial charge in [-0.2, -0.15) is 0 Å². The van der Waals surface area contributed by atoms with E-state index in [-0.39, 0.29) is 24.7 Å². The number of fused-ring (bicyclic) bond motifs is 6. The lowest BCUT2D eigenvalue weighted by Crippen LogP contribution is -2.38. The Hall–Kier alpha value is -3.32. The zero-order valence-electron chi connectivity index (χ0n) is 17.4. The van der Waals surface area contributed by atoms with Gasteiger partial charge in [0.15, 0.2) is 11.5 Å². The summed E-state index contributed by atoms with van der Waals surface area (Å²) >= 11 is 0. The molecule has 3 aliphatic heterocycles. The monoisotopic (exact) mass is 418 g/mol. The van der Waals surface area contributed by atoms with E-state index in [0.717, 1.165) is 45.6 Å². The first kappa shape index (κ1) is 18.4. The summed E-state index contributed by atoms with van der Waals surface area (Å²) < 4.78 is 18.4. The number of aliphatic hydroxyl groups is 1. The quantitative estimate of drug-likeness (QED) is 0.538. The van der Waals surface area contributed by atoms with Crippen LogP contribution in [0.3, 0.4) is 0 Å². The highest BCUT2D eigenvalue weighted by molar-refractivity contribution is 5.90. The molecule has 0 spiro atoms. The molecule has 0 bridgehead atoms. The minimum Gasteiger partial charge on any atom is -0.490 e. The van der Waals surface area contributed by atoms with Gasteiger partial charge in [0.25, 0.3) is 5.56 Å². The summed E-state index contributed by atoms with van der Waals surface area (Å²) in [6.07, 6.45) is 1.16. The van der Waals surface area contributed by atoms with Gasteiger partial charge in [0.2, 0.25) is 6.79 Å². The maximum Gasteiger partial charge on any atom is 0.258 e. The van der Waals surface area contributed by atoms with Crippen LogP contribution in [0.1, 0.15) is 42.5 Å². The van der Waals surface area contributed by atoms with Crippen molar-refractivity contribution >= 4 is 10.9 Å². The third kappa shape index (κ3) is 2.27. The lowest BCUT2D eigenvalue weighted by Gasteiger charge is -2.35. The molecule has 1 N–H and O–H groups in total. The molecule has 5 heterocycles. The average Bonchev–Trinajstić information content (AvgIpc) is 3.38. The highest BCUT2D eigenvalue weighted by atomic mass is 16.7. The third-order valence-corrected chi connectivity index (χ3v) is 6.82. The first-order valence-corrected chi connectivity index (χ1v) is 10.5. The van der Waals surface area contributed by atoms with Crippen molar-refractivity contribution in [1.29, 1.82) is 0 Å². The summed E-state index contributed by atoms with van der Waals surface area (Å²) in [5.74, 6) is 1.67. The first-order chi connectivity index (χ1) is 15.0. The molecule has 3 aliphatic rings. The molecular weight excluding hydrogens is 396 g/mol. The zero-order chi connectivity index (χ0) is 21.5. The summed E-state index contributed by atoms with van der Waals surface area (Å²) in [7, 11) is 0. The molecule has 7 nitrogen and oxygen atoms in total. The Kier molecular flexibility index (Phi) is 3.63. The van der Waals surface area contributed by atoms with E-state index in [1.165, 1.54) is 0 Å². The number of hydrogen-bond acceptors (Lipinski definition) is 6. The predicted molar refractivity (Wildman–Crippen MR) is 114 cm³/mol. The van der Waals surface area contributed by atoms with Crippen molar-refractivity contribution in [3.8, 4) is 22.9 Å². The van der Waals surface area contributed by atoms with Gasteiger partial charge in [-0.25, -0.2) is 4.98 Å². The molecule has 7 heteroatoms. The van der Waals surface area contributed by atoms with E-state index >= 15 is 0 Å². The number of ether oxygens (including phenoxy) is 3. The van der Waals surface area contributed by atoms with Gasteiger partial charge in [-0.3, -0.25) is 4.79 Å². The molecule has 6 rings (SSSR count). The number of aryl methyl sites for hydroxylation is 1. The fourth-order valence-corrected chi connectivity index (χ4v) is 5.07. The van der Waals surface area contributed by atoms with E-state index in [9.17, 15) is 9.90 Å². The van der Waals surface area contributed by atoms with Gasteiger partial charge in [0.1, 0.15) is 18.0 Å². The molecule has 1 atom stereocenters. The van der Waals surface area contributed by atoms with Crippen molar-refractivity contribution in [2.75, 3.05) is 6.79 Å². The Labute approximate surface area is 178 Å². The predicted octanol–water partition coefficient (Wildman–Crippen LogP) is 3.36. The van der Waals surface area contributed by atoms with Crippen LogP contribution in [-0.2, 0) is 29.9 Å². The van der Waals surface area contributed by atoms with Crippen molar-refractivity contribution < 1.29 is 19.3 Å². The average molecular weight is 418 g/mol. The van der Waals surface area contributed by atoms with Gasteiger partial charge in [-0.1, -0.05) is 20.4 Å². The fourth-order valence-electron chi connectivity index (χ4n) is 5.07. The summed E-state index contributed by atoms with van der Waals surface area (Å²) in [4.78, 5) is 18.4. The van der Waals surface area contributed by atoms with E-state index in [1.54, 1.807) is 4.57 Å². The van der Waals surface area contributed by atoms with Crippen LogP contribution in [0, 0.1) is 0 Å². The Morgan fingerprint density at radius 2 is 1.94 bits per heavy atom. The first-order valence-electron chi connectivity index (χ1n) is 10.5. The van der Waals surface area contributed by atoms with Crippen LogP contribution in [0.15, 0.2) is 35.3 Å². The molecule has 0 saturated heterocycles. The van der Waals surface area contributed by atoms with Gasteiger partial charge in [0.05, 0.1) is 29.0 Å². The van der Waals surface area contributed by atoms with Gasteiger partial charge in [-0.05, 0) is 30.5 Å². The Balaban J connectivity index is 1.65. The van der Waals surface area contributed by atoms with Crippen molar-refractivity contribution in [3.63, 3.8) is 0 Å². The summed E-state index contributed by atoms with van der Waals surface area (Å²) in [5.41, 5.74) is 3.99. The second-order valence-electron chi connectivity index (χ2n) is 8.23. The Morgan fingerprint density at radius 3 is 2.68 bits per heavy atom. The number of nitrogens with zero attached hydrogens (tertiary/aromatic N) is 2. The molecule has 31 heavy (non-hydrogen) atoms. The SMILES string of the molecule is C=C1OCc2c(cc3n(c2=O)Cc2c-3nc3cc4c(cc3c2CC)OCO4)[C@@]1(O)CC. The van der Waals surface area contributed by atoms with Gasteiger partial charge >= 0.3 is 0 Å². The van der Waals surface area contributed by atoms with Crippen molar-refractivity contribution in [2.24, 2.45) is 0 Å². The smallest absolute Gasteiger partial charge is 0.258 e. The molecule has 0 saturated carbocycles. The summed E-state index contributed by atoms with van der Waals surface area (Å²) in [6.45, 7) is 8.61. The second kappa shape index (κ2) is 6.11. The van der Waals surface area contributed by atoms with E-state index in [0.29, 0.717) is 29.8 Å². The zero-order valence-corrected chi connectivity index (χ0v) is 17.4. The highest BCUT2D eigenvalue weighted by Gasteiger charge is 2.41. The van der Waals surface area contributed by atoms with Crippen molar-refractivity contribution in [1.82, 2.24) is 9.55 Å². The Morgan fingerprint density at radius 1 is 1.16 bits per heavy atom. The van der Waals surface area contributed by atoms with Gasteiger partial charge < -0.3 is 23.9 Å². The number of pyridine rings is 2. The highest BCUT2D eigenvalue weighted by Crippen LogP contribution is 2.44. The number of rotatable bonds is 2. The van der Waals surface area contributed by atoms with Crippen LogP contribution in [0.5, 0.6) is 11.5 Å². The number of benzene rings is 1. The largest absolute Gasteiger partial charge is 0.490 e. The molecule has 1 aromatic carbocycles. The molecule has 0 fully saturated rings. The van der Waals surface area contributed by atoms with E-state index < -0.39 is 5.60 Å². The fraction of sp³-hybridized carbons (Fsp3) is 0.333. The van der Waals surface area contributed by atoms with Crippen LogP contribution in [0.2, 0.25) is 0 Å². The Bertz CT molecular complexity index is 1370. The summed E-state index contributed by atoms with van der Waals surface area (Å²) in [6, 6.07) is 5.77. The van der Waals surface area contributed by atoms with E-state index in [4.69, 9.17) is 19.2 Å². The topological polar surface area (TPSA) is 82.8 Å². The molecule has 2 aromatic heterocycles. The van der Waals surface area contributed by atoms with Crippen LogP contribution < -0.4 is 15.0 Å². The lowest BCUT2D eigenvalue weighted by atomic mass is 9.84. The maximum atomic E-state index is 13.4. The van der Waals surface area contributed by atoms with Crippen molar-refractivity contribution in [2.45, 2.75) is 45.4 Å². The number of aromatic nitrogens is 2. The normalized spacial score (nSPS) is 20.4. The van der Waals surface area contributed by atoms with Gasteiger partial charge in [0, 0.05) is 22.6 Å². The molecule has 3 aromatic rings. The van der Waals surface area contributed by atoms with E-state index in [2.05, 4.69) is 13.5 Å². The minimum atomic E-state index is -1.39. The maximum absolute atomic E-state index is 13.4. The molecule has 0 aliphatic carbocycles. The molecule has 158 valence electrons. The minimum absolute atomic E-state index is 0.114. The molecule has 0 unspecified atom stereocenters. The molecular formula is C24H22N2O5. The second-order valence-corrected chi connectivity index (χ2v) is 8.23. The van der Waals surface area contributed by atoms with E-state index in [1.807, 2.05) is 25.1 Å². The third-order valence-electron chi connectivity index (χ3n) is 6.82. The standard InChI is InChI=1S/C24H22N2O5/c1-4-13-14-6-20-21(31-11-30-20)8-18(14)25-22-15(13)9-26-19(22)7-17-16(23(26)27)10-29-12(3)24(17,28)5-2/h6-8,28H,3-5,9-11H2,1-2H3/t24-/m1/s1. The molecule has 0 amide bonds. The lowest BCUT2D eigenvalue weighted by molar-refractivity contribution is -0.0172. The molecule has 0 radical (unpaired) electrons.